The number of benzene rings is 3. The van der Waals surface area contributed by atoms with Crippen molar-refractivity contribution in [1.82, 2.24) is 10.3 Å². The number of hydrogen-bond donors (Lipinski definition) is 1. The van der Waals surface area contributed by atoms with Crippen molar-refractivity contribution in [2.45, 2.75) is 13.0 Å². The van der Waals surface area contributed by atoms with Crippen LogP contribution in [0.4, 0.5) is 4.39 Å². The molecule has 4 aromatic rings. The number of para-hydroxylation sites is 1. The van der Waals surface area contributed by atoms with E-state index in [-0.39, 0.29) is 24.4 Å². The van der Waals surface area contributed by atoms with Crippen molar-refractivity contribution in [3.05, 3.63) is 89.2 Å². The third kappa shape index (κ3) is 5.09. The first-order chi connectivity index (χ1) is 15.5. The Morgan fingerprint density at radius 2 is 1.84 bits per heavy atom. The molecule has 0 aliphatic carbocycles. The second kappa shape index (κ2) is 9.57. The van der Waals surface area contributed by atoms with E-state index in [1.807, 2.05) is 24.3 Å². The molecule has 3 aromatic carbocycles. The van der Waals surface area contributed by atoms with E-state index in [0.717, 1.165) is 15.8 Å². The zero-order chi connectivity index (χ0) is 22.5. The summed E-state index contributed by atoms with van der Waals surface area (Å²) in [5.74, 6) is -0.954. The smallest absolute Gasteiger partial charge is 0.337 e. The first kappa shape index (κ1) is 21.5. The third-order valence-corrected chi connectivity index (χ3v) is 5.63. The number of nitrogens with zero attached hydrogens (tertiary/aromatic N) is 1. The van der Waals surface area contributed by atoms with Crippen LogP contribution in [-0.2, 0) is 22.5 Å². The summed E-state index contributed by atoms with van der Waals surface area (Å²) in [5, 5.41) is 3.17. The summed E-state index contributed by atoms with van der Waals surface area (Å²) in [6.07, 6.45) is -0.104. The van der Waals surface area contributed by atoms with Crippen LogP contribution < -0.4 is 10.1 Å². The van der Waals surface area contributed by atoms with E-state index in [1.165, 1.54) is 30.6 Å². The van der Waals surface area contributed by atoms with E-state index in [9.17, 15) is 14.0 Å². The Morgan fingerprint density at radius 3 is 2.56 bits per heavy atom. The van der Waals surface area contributed by atoms with E-state index >= 15 is 0 Å². The molecule has 0 fully saturated rings. The Morgan fingerprint density at radius 1 is 1.06 bits per heavy atom. The normalized spacial score (nSPS) is 10.7. The van der Waals surface area contributed by atoms with Gasteiger partial charge in [0.1, 0.15) is 11.6 Å². The molecule has 0 radical (unpaired) electrons. The lowest BCUT2D eigenvalue weighted by molar-refractivity contribution is -0.120. The molecule has 1 N–H and O–H groups in total. The molecule has 4 rings (SSSR count). The SMILES string of the molecule is COC(=O)c1ccc(CNC(=O)Cc2ccc(Oc3nc4ccccc4s3)cc2F)cc1. The number of carbonyl (C=O) groups excluding carboxylic acids is 2. The van der Waals surface area contributed by atoms with Crippen molar-refractivity contribution in [1.29, 1.82) is 0 Å². The van der Waals surface area contributed by atoms with Gasteiger partial charge < -0.3 is 14.8 Å². The molecule has 8 heteroatoms. The number of thiazole rings is 1. The highest BCUT2D eigenvalue weighted by molar-refractivity contribution is 7.20. The maximum Gasteiger partial charge on any atom is 0.337 e. The predicted molar refractivity (Wildman–Crippen MR) is 119 cm³/mol. The van der Waals surface area contributed by atoms with Gasteiger partial charge in [-0.2, -0.15) is 0 Å². The van der Waals surface area contributed by atoms with Crippen LogP contribution in [0.3, 0.4) is 0 Å². The highest BCUT2D eigenvalue weighted by Gasteiger charge is 2.12. The molecule has 162 valence electrons. The zero-order valence-corrected chi connectivity index (χ0v) is 17.9. The number of esters is 1. The number of nitrogens with one attached hydrogen (secondary N) is 1. The van der Waals surface area contributed by atoms with Crippen LogP contribution >= 0.6 is 11.3 Å². The lowest BCUT2D eigenvalue weighted by Crippen LogP contribution is -2.25. The summed E-state index contributed by atoms with van der Waals surface area (Å²) in [5.41, 5.74) is 2.32. The Bertz CT molecular complexity index is 1240. The molecule has 0 aliphatic heterocycles. The van der Waals surface area contributed by atoms with Gasteiger partial charge in [-0.3, -0.25) is 4.79 Å². The Hall–Kier alpha value is -3.78. The van der Waals surface area contributed by atoms with Gasteiger partial charge in [-0.25, -0.2) is 14.2 Å². The average molecular weight is 450 g/mol. The van der Waals surface area contributed by atoms with Crippen molar-refractivity contribution in [2.75, 3.05) is 7.11 Å². The molecule has 6 nitrogen and oxygen atoms in total. The number of halogens is 1. The summed E-state index contributed by atoms with van der Waals surface area (Å²) in [4.78, 5) is 28.1. The lowest BCUT2D eigenvalue weighted by Gasteiger charge is -2.08. The summed E-state index contributed by atoms with van der Waals surface area (Å²) < 4.78 is 25.8. The van der Waals surface area contributed by atoms with Crippen molar-refractivity contribution < 1.29 is 23.5 Å². The van der Waals surface area contributed by atoms with E-state index in [0.29, 0.717) is 16.5 Å². The van der Waals surface area contributed by atoms with Crippen molar-refractivity contribution >= 4 is 33.4 Å². The minimum Gasteiger partial charge on any atom is -0.465 e. The van der Waals surface area contributed by atoms with Gasteiger partial charge >= 0.3 is 5.97 Å². The highest BCUT2D eigenvalue weighted by atomic mass is 32.1. The molecule has 0 bridgehead atoms. The van der Waals surface area contributed by atoms with Gasteiger partial charge in [0.2, 0.25) is 5.91 Å². The maximum atomic E-state index is 14.5. The Kier molecular flexibility index (Phi) is 6.42. The predicted octanol–water partition coefficient (Wildman–Crippen LogP) is 4.87. The van der Waals surface area contributed by atoms with Gasteiger partial charge in [-0.15, -0.1) is 0 Å². The average Bonchev–Trinajstić information content (AvgIpc) is 3.21. The number of rotatable bonds is 7. The Labute approximate surface area is 187 Å². The van der Waals surface area contributed by atoms with Gasteiger partial charge in [0.15, 0.2) is 0 Å². The number of methoxy groups -OCH3 is 1. The van der Waals surface area contributed by atoms with Crippen molar-refractivity contribution in [3.8, 4) is 10.9 Å². The summed E-state index contributed by atoms with van der Waals surface area (Å²) in [6.45, 7) is 0.265. The van der Waals surface area contributed by atoms with E-state index in [4.69, 9.17) is 4.74 Å². The molecule has 0 unspecified atom stereocenters. The molecule has 0 saturated carbocycles. The van der Waals surface area contributed by atoms with Gasteiger partial charge in [-0.05, 0) is 41.5 Å². The lowest BCUT2D eigenvalue weighted by atomic mass is 10.1. The molecule has 1 heterocycles. The van der Waals surface area contributed by atoms with Crippen LogP contribution in [0, 0.1) is 5.82 Å². The number of amides is 1. The first-order valence-electron chi connectivity index (χ1n) is 9.77. The highest BCUT2D eigenvalue weighted by Crippen LogP contribution is 2.31. The number of ether oxygens (including phenoxy) is 2. The van der Waals surface area contributed by atoms with Crippen LogP contribution in [0.25, 0.3) is 10.2 Å². The number of fused-ring (bicyclic) bond motifs is 1. The number of hydrogen-bond acceptors (Lipinski definition) is 6. The molecule has 0 spiro atoms. The fourth-order valence-electron chi connectivity index (χ4n) is 3.04. The largest absolute Gasteiger partial charge is 0.465 e. The quantitative estimate of drug-likeness (QED) is 0.407. The summed E-state index contributed by atoms with van der Waals surface area (Å²) >= 11 is 1.38. The van der Waals surface area contributed by atoms with Crippen molar-refractivity contribution in [2.24, 2.45) is 0 Å². The fraction of sp³-hybridized carbons (Fsp3) is 0.125. The summed E-state index contributed by atoms with van der Waals surface area (Å²) in [7, 11) is 1.31. The van der Waals surface area contributed by atoms with Crippen molar-refractivity contribution in [3.63, 3.8) is 0 Å². The van der Waals surface area contributed by atoms with Crippen LogP contribution in [0.5, 0.6) is 10.9 Å². The Balaban J connectivity index is 1.33. The van der Waals surface area contributed by atoms with Crippen LogP contribution in [-0.4, -0.2) is 24.0 Å². The van der Waals surface area contributed by atoms with E-state index in [2.05, 4.69) is 15.0 Å². The molecule has 0 atom stereocenters. The maximum absolute atomic E-state index is 14.5. The number of carbonyl (C=O) groups is 2. The van der Waals surface area contributed by atoms with Gasteiger partial charge in [-0.1, -0.05) is 41.7 Å². The molecule has 32 heavy (non-hydrogen) atoms. The third-order valence-electron chi connectivity index (χ3n) is 4.72. The molecular weight excluding hydrogens is 431 g/mol. The molecule has 1 amide bonds. The molecule has 0 aliphatic rings. The monoisotopic (exact) mass is 450 g/mol. The standard InChI is InChI=1S/C24H19FN2O4S/c1-30-23(29)16-8-6-15(7-9-16)14-26-22(28)12-17-10-11-18(13-19(17)25)31-24-27-20-4-2-3-5-21(20)32-24/h2-11,13H,12,14H2,1H3,(H,26,28). The van der Waals surface area contributed by atoms with Crippen LogP contribution in [0.2, 0.25) is 0 Å². The van der Waals surface area contributed by atoms with Gasteiger partial charge in [0.05, 0.1) is 29.3 Å². The van der Waals surface area contributed by atoms with Gasteiger partial charge in [0, 0.05) is 12.6 Å². The van der Waals surface area contributed by atoms with E-state index in [1.54, 1.807) is 30.3 Å². The first-order valence-corrected chi connectivity index (χ1v) is 10.6. The fourth-order valence-corrected chi connectivity index (χ4v) is 3.88. The van der Waals surface area contributed by atoms with Crippen LogP contribution in [0.15, 0.2) is 66.7 Å². The van der Waals surface area contributed by atoms with Gasteiger partial charge in [0.25, 0.3) is 5.19 Å². The topological polar surface area (TPSA) is 77.5 Å². The summed E-state index contributed by atoms with van der Waals surface area (Å²) in [6, 6.07) is 18.7. The zero-order valence-electron chi connectivity index (χ0n) is 17.1. The second-order valence-corrected chi connectivity index (χ2v) is 7.94. The number of aromatic nitrogens is 1. The van der Waals surface area contributed by atoms with Crippen LogP contribution in [0.1, 0.15) is 21.5 Å². The molecule has 1 aromatic heterocycles. The molecule has 0 saturated heterocycles. The van der Waals surface area contributed by atoms with E-state index < -0.39 is 11.8 Å². The minimum absolute atomic E-state index is 0.104. The molecular formula is C24H19FN2O4S. The second-order valence-electron chi connectivity index (χ2n) is 6.94. The minimum atomic E-state index is -0.527.